The highest BCUT2D eigenvalue weighted by Gasteiger charge is 2.11. The second-order valence-electron chi connectivity index (χ2n) is 1.06. The van der Waals surface area contributed by atoms with E-state index in [4.69, 9.17) is 16.2 Å². The molecule has 0 aliphatic heterocycles. The Morgan fingerprint density at radius 2 is 1.86 bits per heavy atom. The molecule has 0 bridgehead atoms. The summed E-state index contributed by atoms with van der Waals surface area (Å²) in [5, 5.41) is 0. The molecule has 0 saturated carbocycles. The lowest BCUT2D eigenvalue weighted by atomic mass is 11.0. The Labute approximate surface area is 47.0 Å². The molecule has 0 amide bonds. The minimum absolute atomic E-state index is 1.18. The molecule has 0 radical (unpaired) electrons. The summed E-state index contributed by atoms with van der Waals surface area (Å²) in [6, 6.07) is 0. The molecular formula is C2H5ClO3S. The van der Waals surface area contributed by atoms with Crippen molar-refractivity contribution in [2.24, 2.45) is 0 Å². The molecule has 0 unspecified atom stereocenters. The van der Waals surface area contributed by atoms with E-state index in [2.05, 4.69) is 0 Å². The fourth-order valence-electron chi connectivity index (χ4n) is 0. The Morgan fingerprint density at radius 3 is 1.86 bits per heavy atom. The van der Waals surface area contributed by atoms with Gasteiger partial charge in [-0.2, -0.15) is 8.42 Å². The van der Waals surface area contributed by atoms with Gasteiger partial charge >= 0.3 is 0 Å². The van der Waals surface area contributed by atoms with E-state index in [1.165, 1.54) is 6.92 Å². The summed E-state index contributed by atoms with van der Waals surface area (Å²) < 4.78 is 26.2. The van der Waals surface area contributed by atoms with Gasteiger partial charge in [-0.05, 0) is 6.92 Å². The van der Waals surface area contributed by atoms with Crippen LogP contribution in [0.15, 0.2) is 0 Å². The standard InChI is InChI=1S/C2H5ClO3S/c1-2(3)7(4,5)6/h2H,1H3,(H,4,5,6)/t2-/m0/s1. The molecule has 0 aromatic rings. The van der Waals surface area contributed by atoms with Crippen molar-refractivity contribution < 1.29 is 13.0 Å². The van der Waals surface area contributed by atoms with Crippen LogP contribution in [0, 0.1) is 0 Å². The summed E-state index contributed by atoms with van der Waals surface area (Å²) >= 11 is 4.92. The predicted molar refractivity (Wildman–Crippen MR) is 26.9 cm³/mol. The Kier molecular flexibility index (Phi) is 2.04. The van der Waals surface area contributed by atoms with Crippen LogP contribution < -0.4 is 0 Å². The molecule has 0 rings (SSSR count). The normalized spacial score (nSPS) is 16.4. The number of rotatable bonds is 1. The van der Waals surface area contributed by atoms with Crippen LogP contribution in [-0.4, -0.2) is 17.7 Å². The fourth-order valence-corrected chi connectivity index (χ4v) is 0. The molecule has 0 saturated heterocycles. The lowest BCUT2D eigenvalue weighted by Gasteiger charge is -1.92. The van der Waals surface area contributed by atoms with Crippen molar-refractivity contribution in [2.45, 2.75) is 11.6 Å². The number of halogens is 1. The lowest BCUT2D eigenvalue weighted by Crippen LogP contribution is -2.08. The highest BCUT2D eigenvalue weighted by molar-refractivity contribution is 7.87. The molecule has 7 heavy (non-hydrogen) atoms. The highest BCUT2D eigenvalue weighted by Crippen LogP contribution is 1.99. The molecule has 44 valence electrons. The van der Waals surface area contributed by atoms with Crippen LogP contribution in [0.3, 0.4) is 0 Å². The fraction of sp³-hybridized carbons (Fsp3) is 1.00. The smallest absolute Gasteiger partial charge is 0.281 e. The van der Waals surface area contributed by atoms with Crippen LogP contribution in [0.2, 0.25) is 0 Å². The van der Waals surface area contributed by atoms with Gasteiger partial charge in [-0.15, -0.1) is 11.6 Å². The van der Waals surface area contributed by atoms with Gasteiger partial charge in [-0.1, -0.05) is 0 Å². The SMILES string of the molecule is C[C@@H](Cl)S(=O)(=O)O. The highest BCUT2D eigenvalue weighted by atomic mass is 35.5. The van der Waals surface area contributed by atoms with Gasteiger partial charge in [-0.3, -0.25) is 4.55 Å². The van der Waals surface area contributed by atoms with Crippen molar-refractivity contribution in [2.75, 3.05) is 0 Å². The first-order valence-electron chi connectivity index (χ1n) is 1.55. The second kappa shape index (κ2) is 1.98. The molecule has 1 N–H and O–H groups in total. The van der Waals surface area contributed by atoms with Gasteiger partial charge < -0.3 is 0 Å². The van der Waals surface area contributed by atoms with Crippen LogP contribution in [-0.2, 0) is 10.1 Å². The number of hydrogen-bond donors (Lipinski definition) is 1. The Morgan fingerprint density at radius 1 is 1.71 bits per heavy atom. The van der Waals surface area contributed by atoms with E-state index >= 15 is 0 Å². The molecule has 3 nitrogen and oxygen atoms in total. The largest absolute Gasteiger partial charge is 0.284 e. The summed E-state index contributed by atoms with van der Waals surface area (Å²) in [6.07, 6.45) is 0. The van der Waals surface area contributed by atoms with Crippen LogP contribution in [0.5, 0.6) is 0 Å². The molecular weight excluding hydrogens is 140 g/mol. The molecule has 0 aromatic carbocycles. The van der Waals surface area contributed by atoms with E-state index in [1.807, 2.05) is 0 Å². The molecule has 0 aliphatic rings. The van der Waals surface area contributed by atoms with Gasteiger partial charge in [0, 0.05) is 0 Å². The Bertz CT molecular complexity index is 135. The van der Waals surface area contributed by atoms with Crippen LogP contribution in [0.4, 0.5) is 0 Å². The first-order valence-corrected chi connectivity index (χ1v) is 3.49. The molecule has 1 atom stereocenters. The minimum atomic E-state index is -3.98. The monoisotopic (exact) mass is 144 g/mol. The number of hydrogen-bond acceptors (Lipinski definition) is 2. The Balaban J connectivity index is 4.10. The van der Waals surface area contributed by atoms with Gasteiger partial charge in [0.15, 0.2) is 4.71 Å². The van der Waals surface area contributed by atoms with Gasteiger partial charge in [0.25, 0.3) is 10.1 Å². The zero-order valence-electron chi connectivity index (χ0n) is 3.63. The van der Waals surface area contributed by atoms with Gasteiger partial charge in [0.1, 0.15) is 0 Å². The van der Waals surface area contributed by atoms with E-state index in [0.717, 1.165) is 0 Å². The number of alkyl halides is 1. The van der Waals surface area contributed by atoms with E-state index in [9.17, 15) is 8.42 Å². The molecule has 0 aromatic heterocycles. The van der Waals surface area contributed by atoms with Crippen LogP contribution >= 0.6 is 11.6 Å². The topological polar surface area (TPSA) is 54.4 Å². The van der Waals surface area contributed by atoms with Crippen molar-refractivity contribution in [3.8, 4) is 0 Å². The van der Waals surface area contributed by atoms with Gasteiger partial charge in [0.2, 0.25) is 0 Å². The quantitative estimate of drug-likeness (QED) is 0.430. The van der Waals surface area contributed by atoms with E-state index in [1.54, 1.807) is 0 Å². The third-order valence-electron chi connectivity index (χ3n) is 0.410. The maximum atomic E-state index is 9.75. The van der Waals surface area contributed by atoms with Gasteiger partial charge in [-0.25, -0.2) is 0 Å². The third-order valence-corrected chi connectivity index (χ3v) is 1.91. The molecule has 0 fully saturated rings. The van der Waals surface area contributed by atoms with Crippen molar-refractivity contribution in [1.82, 2.24) is 0 Å². The maximum Gasteiger partial charge on any atom is 0.281 e. The second-order valence-corrected chi connectivity index (χ2v) is 3.71. The minimum Gasteiger partial charge on any atom is -0.284 e. The summed E-state index contributed by atoms with van der Waals surface area (Å²) in [5.41, 5.74) is 0. The molecule has 0 aliphatic carbocycles. The van der Waals surface area contributed by atoms with E-state index in [-0.39, 0.29) is 0 Å². The molecule has 0 heterocycles. The summed E-state index contributed by atoms with van der Waals surface area (Å²) in [5.74, 6) is 0. The average Bonchev–Trinajstić information content (AvgIpc) is 1.31. The summed E-state index contributed by atoms with van der Waals surface area (Å²) in [6.45, 7) is 1.18. The summed E-state index contributed by atoms with van der Waals surface area (Å²) in [4.78, 5) is 0. The average molecular weight is 145 g/mol. The first kappa shape index (κ1) is 7.20. The Hall–Kier alpha value is 0.200. The molecule has 5 heteroatoms. The van der Waals surface area contributed by atoms with E-state index < -0.39 is 14.8 Å². The zero-order chi connectivity index (χ0) is 6.08. The van der Waals surface area contributed by atoms with Crippen molar-refractivity contribution in [3.63, 3.8) is 0 Å². The summed E-state index contributed by atoms with van der Waals surface area (Å²) in [7, 11) is -3.98. The first-order chi connectivity index (χ1) is 2.94. The zero-order valence-corrected chi connectivity index (χ0v) is 5.20. The maximum absolute atomic E-state index is 9.75. The van der Waals surface area contributed by atoms with Crippen molar-refractivity contribution in [1.29, 1.82) is 0 Å². The third kappa shape index (κ3) is 2.85. The van der Waals surface area contributed by atoms with Crippen LogP contribution in [0.25, 0.3) is 0 Å². The van der Waals surface area contributed by atoms with Crippen LogP contribution in [0.1, 0.15) is 6.92 Å². The molecule has 0 spiro atoms. The van der Waals surface area contributed by atoms with Crippen molar-refractivity contribution in [3.05, 3.63) is 0 Å². The predicted octanol–water partition coefficient (Wildman–Crippen LogP) is 0.459. The lowest BCUT2D eigenvalue weighted by molar-refractivity contribution is 0.481. The van der Waals surface area contributed by atoms with Gasteiger partial charge in [0.05, 0.1) is 0 Å². The van der Waals surface area contributed by atoms with E-state index in [0.29, 0.717) is 0 Å². The van der Waals surface area contributed by atoms with Crippen molar-refractivity contribution >= 4 is 21.7 Å².